The molecule has 0 bridgehead atoms. The Morgan fingerprint density at radius 1 is 1.43 bits per heavy atom. The van der Waals surface area contributed by atoms with Crippen LogP contribution in [0.15, 0.2) is 24.4 Å². The van der Waals surface area contributed by atoms with Crippen LogP contribution in [-0.4, -0.2) is 47.2 Å². The molecule has 2 aromatic rings. The number of aliphatic hydroxyl groups excluding tert-OH is 1. The second kappa shape index (κ2) is 10.6. The molecule has 1 fully saturated rings. The summed E-state index contributed by atoms with van der Waals surface area (Å²) in [7, 11) is 1.58. The molecule has 1 aliphatic rings. The first kappa shape index (κ1) is 22.3. The molecular weight excluding hydrogens is 404 g/mol. The Kier molecular flexibility index (Phi) is 7.87. The molecule has 1 aliphatic heterocycles. The van der Waals surface area contributed by atoms with Gasteiger partial charge in [0.1, 0.15) is 11.6 Å². The van der Waals surface area contributed by atoms with E-state index < -0.39 is 0 Å². The molecule has 0 amide bonds. The van der Waals surface area contributed by atoms with Gasteiger partial charge >= 0.3 is 0 Å². The van der Waals surface area contributed by atoms with E-state index in [-0.39, 0.29) is 18.4 Å². The van der Waals surface area contributed by atoms with Gasteiger partial charge in [-0.05, 0) is 37.0 Å². The van der Waals surface area contributed by atoms with E-state index in [2.05, 4.69) is 22.2 Å². The third-order valence-electron chi connectivity index (χ3n) is 5.35. The Bertz CT molecular complexity index is 877. The van der Waals surface area contributed by atoms with Crippen LogP contribution < -0.4 is 15.0 Å². The average Bonchev–Trinajstić information content (AvgIpc) is 3.25. The Balaban J connectivity index is 1.85. The normalized spacial score (nSPS) is 16.0. The highest BCUT2D eigenvalue weighted by Gasteiger charge is 2.27. The number of aliphatic hydroxyl groups is 1. The number of hydrogen-bond donors (Lipinski definition) is 2. The van der Waals surface area contributed by atoms with Crippen LogP contribution in [0.4, 0.5) is 11.8 Å². The van der Waals surface area contributed by atoms with Crippen LogP contribution >= 0.6 is 11.6 Å². The molecule has 1 aromatic heterocycles. The maximum Gasteiger partial charge on any atom is 0.227 e. The number of rotatable bonds is 10. The average molecular weight is 433 g/mol. The molecule has 0 radical (unpaired) electrons. The van der Waals surface area contributed by atoms with E-state index in [0.29, 0.717) is 41.1 Å². The molecule has 2 N–H and O–H groups in total. The van der Waals surface area contributed by atoms with Crippen LogP contribution in [0.25, 0.3) is 0 Å². The summed E-state index contributed by atoms with van der Waals surface area (Å²) >= 11 is 6.23. The summed E-state index contributed by atoms with van der Waals surface area (Å²) in [5.74, 6) is 1.69. The number of ketones is 1. The number of Topliss-reactive ketones (excluding diaryl/α,β-unsaturated/α-hetero) is 1. The molecule has 0 unspecified atom stereocenters. The van der Waals surface area contributed by atoms with E-state index in [0.717, 1.165) is 37.8 Å². The van der Waals surface area contributed by atoms with Crippen molar-refractivity contribution in [3.63, 3.8) is 0 Å². The zero-order valence-electron chi connectivity index (χ0n) is 17.5. The molecule has 1 saturated heterocycles. The molecule has 0 aliphatic carbocycles. The molecule has 3 rings (SSSR count). The lowest BCUT2D eigenvalue weighted by atomic mass is 10.1. The lowest BCUT2D eigenvalue weighted by Crippen LogP contribution is -2.33. The maximum atomic E-state index is 12.7. The predicted octanol–water partition coefficient (Wildman–Crippen LogP) is 4.08. The predicted molar refractivity (Wildman–Crippen MR) is 119 cm³/mol. The van der Waals surface area contributed by atoms with Gasteiger partial charge in [-0.2, -0.15) is 4.98 Å². The van der Waals surface area contributed by atoms with Crippen molar-refractivity contribution in [1.82, 2.24) is 9.97 Å². The fourth-order valence-electron chi connectivity index (χ4n) is 3.62. The SMILES string of the molecule is CCCCC(=O)c1cnc(N2CCC[C@H]2CO)nc1NCc1ccc(OC)c(Cl)c1. The van der Waals surface area contributed by atoms with E-state index in [1.807, 2.05) is 23.1 Å². The summed E-state index contributed by atoms with van der Waals surface area (Å²) in [4.78, 5) is 23.8. The van der Waals surface area contributed by atoms with Crippen molar-refractivity contribution in [3.8, 4) is 5.75 Å². The number of nitrogens with zero attached hydrogens (tertiary/aromatic N) is 3. The lowest BCUT2D eigenvalue weighted by Gasteiger charge is -2.24. The molecule has 7 nitrogen and oxygen atoms in total. The molecule has 0 spiro atoms. The number of aromatic nitrogens is 2. The number of hydrogen-bond acceptors (Lipinski definition) is 7. The highest BCUT2D eigenvalue weighted by Crippen LogP contribution is 2.27. The van der Waals surface area contributed by atoms with Crippen molar-refractivity contribution in [2.75, 3.05) is 30.5 Å². The Morgan fingerprint density at radius 2 is 2.27 bits per heavy atom. The Morgan fingerprint density at radius 3 is 2.97 bits per heavy atom. The molecule has 0 saturated carbocycles. The summed E-state index contributed by atoms with van der Waals surface area (Å²) in [5, 5.41) is 13.5. The summed E-state index contributed by atoms with van der Waals surface area (Å²) in [6.45, 7) is 3.37. The van der Waals surface area contributed by atoms with Crippen molar-refractivity contribution in [2.24, 2.45) is 0 Å². The first-order chi connectivity index (χ1) is 14.6. The summed E-state index contributed by atoms with van der Waals surface area (Å²) in [6, 6.07) is 5.57. The minimum absolute atomic E-state index is 0.0138. The van der Waals surface area contributed by atoms with E-state index in [1.165, 1.54) is 0 Å². The molecule has 8 heteroatoms. The van der Waals surface area contributed by atoms with Gasteiger partial charge in [0.2, 0.25) is 5.95 Å². The fourth-order valence-corrected chi connectivity index (χ4v) is 3.90. The molecular formula is C22H29ClN4O3. The third-order valence-corrected chi connectivity index (χ3v) is 5.65. The van der Waals surface area contributed by atoms with Crippen molar-refractivity contribution in [1.29, 1.82) is 0 Å². The minimum Gasteiger partial charge on any atom is -0.495 e. The van der Waals surface area contributed by atoms with Gasteiger partial charge in [-0.25, -0.2) is 4.98 Å². The number of nitrogens with one attached hydrogen (secondary N) is 1. The third kappa shape index (κ3) is 5.21. The highest BCUT2D eigenvalue weighted by atomic mass is 35.5. The van der Waals surface area contributed by atoms with Crippen LogP contribution in [0.1, 0.15) is 54.9 Å². The zero-order valence-corrected chi connectivity index (χ0v) is 18.3. The summed E-state index contributed by atoms with van der Waals surface area (Å²) in [5.41, 5.74) is 1.44. The van der Waals surface area contributed by atoms with Gasteiger partial charge < -0.3 is 20.1 Å². The van der Waals surface area contributed by atoms with Gasteiger partial charge in [0.05, 0.1) is 30.3 Å². The van der Waals surface area contributed by atoms with Gasteiger partial charge in [-0.3, -0.25) is 4.79 Å². The lowest BCUT2D eigenvalue weighted by molar-refractivity contribution is 0.0980. The van der Waals surface area contributed by atoms with Crippen molar-refractivity contribution in [3.05, 3.63) is 40.5 Å². The highest BCUT2D eigenvalue weighted by molar-refractivity contribution is 6.32. The van der Waals surface area contributed by atoms with Gasteiger partial charge in [0, 0.05) is 25.7 Å². The molecule has 1 aromatic carbocycles. The van der Waals surface area contributed by atoms with Gasteiger partial charge in [-0.15, -0.1) is 0 Å². The van der Waals surface area contributed by atoms with Gasteiger partial charge in [0.25, 0.3) is 0 Å². The van der Waals surface area contributed by atoms with Crippen LogP contribution in [0.5, 0.6) is 5.75 Å². The number of halogens is 1. The van der Waals surface area contributed by atoms with Crippen molar-refractivity contribution < 1.29 is 14.6 Å². The van der Waals surface area contributed by atoms with Crippen LogP contribution in [0.2, 0.25) is 5.02 Å². The second-order valence-corrected chi connectivity index (χ2v) is 7.86. The summed E-state index contributed by atoms with van der Waals surface area (Å²) in [6.07, 6.45) is 5.74. The first-order valence-corrected chi connectivity index (χ1v) is 10.8. The van der Waals surface area contributed by atoms with Gasteiger partial charge in [0.15, 0.2) is 5.78 Å². The van der Waals surface area contributed by atoms with Crippen LogP contribution in [0.3, 0.4) is 0 Å². The fraction of sp³-hybridized carbons (Fsp3) is 0.500. The van der Waals surface area contributed by atoms with Crippen molar-refractivity contribution in [2.45, 2.75) is 51.6 Å². The Labute approximate surface area is 182 Å². The number of unbranched alkanes of at least 4 members (excludes halogenated alkanes) is 1. The number of carbonyl (C=O) groups is 1. The Hall–Kier alpha value is -2.38. The minimum atomic E-state index is 0.0138. The van der Waals surface area contributed by atoms with Crippen molar-refractivity contribution >= 4 is 29.2 Å². The molecule has 30 heavy (non-hydrogen) atoms. The van der Waals surface area contributed by atoms with E-state index in [4.69, 9.17) is 16.3 Å². The quantitative estimate of drug-likeness (QED) is 0.547. The monoisotopic (exact) mass is 432 g/mol. The number of ether oxygens (including phenoxy) is 1. The van der Waals surface area contributed by atoms with E-state index >= 15 is 0 Å². The largest absolute Gasteiger partial charge is 0.495 e. The molecule has 1 atom stereocenters. The van der Waals surface area contributed by atoms with Crippen LogP contribution in [-0.2, 0) is 6.54 Å². The molecule has 2 heterocycles. The molecule has 162 valence electrons. The zero-order chi connectivity index (χ0) is 21.5. The maximum absolute atomic E-state index is 12.7. The number of benzene rings is 1. The standard InChI is InChI=1S/C22H29ClN4O3/c1-3-4-7-19(29)17-13-25-22(27-10-5-6-16(27)14-28)26-21(17)24-12-15-8-9-20(30-2)18(23)11-15/h8-9,11,13,16,28H,3-7,10,12,14H2,1-2H3,(H,24,25,26)/t16-/m0/s1. The van der Waals surface area contributed by atoms with Gasteiger partial charge in [-0.1, -0.05) is 31.0 Å². The van der Waals surface area contributed by atoms with E-state index in [9.17, 15) is 9.90 Å². The number of carbonyl (C=O) groups excluding carboxylic acids is 1. The topological polar surface area (TPSA) is 87.6 Å². The second-order valence-electron chi connectivity index (χ2n) is 7.45. The number of anilines is 2. The van der Waals surface area contributed by atoms with E-state index in [1.54, 1.807) is 13.3 Å². The first-order valence-electron chi connectivity index (χ1n) is 10.4. The smallest absolute Gasteiger partial charge is 0.227 e. The summed E-state index contributed by atoms with van der Waals surface area (Å²) < 4.78 is 5.20. The van der Waals surface area contributed by atoms with Crippen LogP contribution in [0, 0.1) is 0 Å². The number of methoxy groups -OCH3 is 1.